The molecule has 2 aromatic rings. The first kappa shape index (κ1) is 16.1. The average molecular weight is 340 g/mol. The standard InChI is InChI=1S/C19H24N4O2/c1-2-23-8-3-4-15(23)12-20-19(24)17-11-16(21-22-17)13-5-6-18-14(10-13)7-9-25-18/h5-6,10-11,15H,2-4,7-9,12H2,1H3,(H,20,24)(H,21,22)/t15-/m1/s1. The minimum Gasteiger partial charge on any atom is -0.493 e. The molecule has 0 aliphatic carbocycles. The van der Waals surface area contributed by atoms with Crippen molar-refractivity contribution in [2.24, 2.45) is 0 Å². The summed E-state index contributed by atoms with van der Waals surface area (Å²) in [6, 6.07) is 8.33. The zero-order valence-electron chi connectivity index (χ0n) is 14.5. The number of fused-ring (bicyclic) bond motifs is 1. The molecule has 1 amide bonds. The summed E-state index contributed by atoms with van der Waals surface area (Å²) in [5, 5.41) is 10.2. The molecule has 132 valence electrons. The Morgan fingerprint density at radius 1 is 1.44 bits per heavy atom. The Hall–Kier alpha value is -2.34. The molecule has 2 N–H and O–H groups in total. The number of rotatable bonds is 5. The van der Waals surface area contributed by atoms with E-state index in [4.69, 9.17) is 4.74 Å². The van der Waals surface area contributed by atoms with E-state index in [1.54, 1.807) is 0 Å². The number of hydrogen-bond donors (Lipinski definition) is 2. The van der Waals surface area contributed by atoms with Crippen molar-refractivity contribution < 1.29 is 9.53 Å². The van der Waals surface area contributed by atoms with Gasteiger partial charge in [0.1, 0.15) is 11.4 Å². The van der Waals surface area contributed by atoms with Crippen LogP contribution in [-0.2, 0) is 6.42 Å². The van der Waals surface area contributed by atoms with Crippen molar-refractivity contribution in [1.82, 2.24) is 20.4 Å². The monoisotopic (exact) mass is 340 g/mol. The predicted octanol–water partition coefficient (Wildman–Crippen LogP) is 2.23. The fourth-order valence-electron chi connectivity index (χ4n) is 3.78. The van der Waals surface area contributed by atoms with Gasteiger partial charge in [0, 0.05) is 24.6 Å². The van der Waals surface area contributed by atoms with Gasteiger partial charge in [0.2, 0.25) is 0 Å². The summed E-state index contributed by atoms with van der Waals surface area (Å²) >= 11 is 0. The van der Waals surface area contributed by atoms with Crippen LogP contribution in [0.1, 0.15) is 35.8 Å². The molecule has 1 saturated heterocycles. The van der Waals surface area contributed by atoms with E-state index in [-0.39, 0.29) is 5.91 Å². The number of nitrogens with one attached hydrogen (secondary N) is 2. The van der Waals surface area contributed by atoms with Gasteiger partial charge in [0.25, 0.3) is 5.91 Å². The maximum atomic E-state index is 12.4. The van der Waals surface area contributed by atoms with Gasteiger partial charge in [0.05, 0.1) is 12.3 Å². The lowest BCUT2D eigenvalue weighted by molar-refractivity contribution is 0.0936. The molecule has 0 saturated carbocycles. The van der Waals surface area contributed by atoms with E-state index in [0.717, 1.165) is 49.5 Å². The Balaban J connectivity index is 1.41. The highest BCUT2D eigenvalue weighted by Crippen LogP contribution is 2.29. The summed E-state index contributed by atoms with van der Waals surface area (Å²) < 4.78 is 5.53. The summed E-state index contributed by atoms with van der Waals surface area (Å²) in [5.41, 5.74) is 3.50. The Bertz CT molecular complexity index is 771. The SMILES string of the molecule is CCN1CCC[C@@H]1CNC(=O)c1cc(-c2ccc3c(c2)CCO3)n[nH]1. The molecular formula is C19H24N4O2. The summed E-state index contributed by atoms with van der Waals surface area (Å²) in [7, 11) is 0. The zero-order valence-corrected chi connectivity index (χ0v) is 14.5. The number of likely N-dealkylation sites (tertiary alicyclic amines) is 1. The van der Waals surface area contributed by atoms with Gasteiger partial charge >= 0.3 is 0 Å². The van der Waals surface area contributed by atoms with E-state index in [0.29, 0.717) is 18.3 Å². The molecule has 6 heteroatoms. The number of aromatic nitrogens is 2. The Morgan fingerprint density at radius 2 is 2.36 bits per heavy atom. The highest BCUT2D eigenvalue weighted by atomic mass is 16.5. The second-order valence-electron chi connectivity index (χ2n) is 6.72. The van der Waals surface area contributed by atoms with Crippen molar-refractivity contribution >= 4 is 5.91 Å². The van der Waals surface area contributed by atoms with E-state index in [9.17, 15) is 4.79 Å². The van der Waals surface area contributed by atoms with Gasteiger partial charge < -0.3 is 10.1 Å². The topological polar surface area (TPSA) is 70.2 Å². The number of benzene rings is 1. The van der Waals surface area contributed by atoms with Crippen LogP contribution in [0.4, 0.5) is 0 Å². The number of likely N-dealkylation sites (N-methyl/N-ethyl adjacent to an activating group) is 1. The van der Waals surface area contributed by atoms with Crippen molar-refractivity contribution in [3.8, 4) is 17.0 Å². The molecule has 6 nitrogen and oxygen atoms in total. The first-order chi connectivity index (χ1) is 12.2. The van der Waals surface area contributed by atoms with E-state index in [1.165, 1.54) is 12.0 Å². The summed E-state index contributed by atoms with van der Waals surface area (Å²) in [6.45, 7) is 5.77. The Morgan fingerprint density at radius 3 is 3.24 bits per heavy atom. The van der Waals surface area contributed by atoms with Crippen LogP contribution in [0.2, 0.25) is 0 Å². The quantitative estimate of drug-likeness (QED) is 0.876. The number of H-pyrrole nitrogens is 1. The minimum atomic E-state index is -0.0915. The number of carbonyl (C=O) groups is 1. The third-order valence-electron chi connectivity index (χ3n) is 5.21. The van der Waals surface area contributed by atoms with Crippen molar-refractivity contribution in [1.29, 1.82) is 0 Å². The molecule has 2 aliphatic rings. The van der Waals surface area contributed by atoms with Gasteiger partial charge in [-0.15, -0.1) is 0 Å². The van der Waals surface area contributed by atoms with Crippen molar-refractivity contribution in [3.05, 3.63) is 35.5 Å². The molecule has 1 aromatic carbocycles. The van der Waals surface area contributed by atoms with Crippen LogP contribution >= 0.6 is 0 Å². The smallest absolute Gasteiger partial charge is 0.269 e. The van der Waals surface area contributed by atoms with E-state index in [2.05, 4.69) is 33.4 Å². The molecule has 1 atom stereocenters. The number of hydrogen-bond acceptors (Lipinski definition) is 4. The number of nitrogens with zero attached hydrogens (tertiary/aromatic N) is 2. The van der Waals surface area contributed by atoms with Crippen LogP contribution < -0.4 is 10.1 Å². The normalized spacial score (nSPS) is 19.6. The molecule has 2 aliphatic heterocycles. The van der Waals surface area contributed by atoms with Crippen LogP contribution in [0.5, 0.6) is 5.75 Å². The minimum absolute atomic E-state index is 0.0915. The maximum Gasteiger partial charge on any atom is 0.269 e. The van der Waals surface area contributed by atoms with Crippen LogP contribution in [0.15, 0.2) is 24.3 Å². The number of aromatic amines is 1. The zero-order chi connectivity index (χ0) is 17.2. The lowest BCUT2D eigenvalue weighted by Crippen LogP contribution is -2.40. The summed E-state index contributed by atoms with van der Waals surface area (Å²) in [6.07, 6.45) is 3.29. The fourth-order valence-corrected chi connectivity index (χ4v) is 3.78. The Kier molecular flexibility index (Phi) is 4.44. The van der Waals surface area contributed by atoms with E-state index in [1.807, 2.05) is 18.2 Å². The summed E-state index contributed by atoms with van der Waals surface area (Å²) in [5.74, 6) is 0.862. The van der Waals surface area contributed by atoms with Crippen molar-refractivity contribution in [2.45, 2.75) is 32.2 Å². The second kappa shape index (κ2) is 6.88. The number of amides is 1. The van der Waals surface area contributed by atoms with E-state index < -0.39 is 0 Å². The fraction of sp³-hybridized carbons (Fsp3) is 0.474. The van der Waals surface area contributed by atoms with Crippen molar-refractivity contribution in [2.75, 3.05) is 26.2 Å². The molecular weight excluding hydrogens is 316 g/mol. The molecule has 0 bridgehead atoms. The average Bonchev–Trinajstić information content (AvgIpc) is 3.38. The Labute approximate surface area is 147 Å². The molecule has 3 heterocycles. The first-order valence-electron chi connectivity index (χ1n) is 9.08. The lowest BCUT2D eigenvalue weighted by Gasteiger charge is -2.22. The predicted molar refractivity (Wildman–Crippen MR) is 95.8 cm³/mol. The van der Waals surface area contributed by atoms with Crippen LogP contribution in [0, 0.1) is 0 Å². The van der Waals surface area contributed by atoms with Crippen LogP contribution in [0.3, 0.4) is 0 Å². The number of carbonyl (C=O) groups excluding carboxylic acids is 1. The van der Waals surface area contributed by atoms with Gasteiger partial charge in [-0.1, -0.05) is 6.92 Å². The molecule has 0 radical (unpaired) electrons. The third kappa shape index (κ3) is 3.26. The molecule has 0 spiro atoms. The third-order valence-corrected chi connectivity index (χ3v) is 5.21. The molecule has 1 aromatic heterocycles. The van der Waals surface area contributed by atoms with Crippen molar-refractivity contribution in [3.63, 3.8) is 0 Å². The summed E-state index contributed by atoms with van der Waals surface area (Å²) in [4.78, 5) is 14.8. The van der Waals surface area contributed by atoms with Crippen LogP contribution in [-0.4, -0.2) is 53.3 Å². The largest absolute Gasteiger partial charge is 0.493 e. The lowest BCUT2D eigenvalue weighted by atomic mass is 10.1. The van der Waals surface area contributed by atoms with Gasteiger partial charge in [-0.25, -0.2) is 0 Å². The van der Waals surface area contributed by atoms with Crippen LogP contribution in [0.25, 0.3) is 11.3 Å². The van der Waals surface area contributed by atoms with Gasteiger partial charge in [-0.2, -0.15) is 5.10 Å². The molecule has 0 unspecified atom stereocenters. The van der Waals surface area contributed by atoms with Gasteiger partial charge in [-0.05, 0) is 55.8 Å². The first-order valence-corrected chi connectivity index (χ1v) is 9.08. The second-order valence-corrected chi connectivity index (χ2v) is 6.72. The molecule has 4 rings (SSSR count). The highest BCUT2D eigenvalue weighted by molar-refractivity contribution is 5.93. The van der Waals surface area contributed by atoms with E-state index >= 15 is 0 Å². The highest BCUT2D eigenvalue weighted by Gasteiger charge is 2.23. The number of ether oxygens (including phenoxy) is 1. The maximum absolute atomic E-state index is 12.4. The van der Waals surface area contributed by atoms with Gasteiger partial charge in [0.15, 0.2) is 0 Å². The molecule has 1 fully saturated rings. The van der Waals surface area contributed by atoms with Gasteiger partial charge in [-0.3, -0.25) is 14.8 Å². The molecule has 25 heavy (non-hydrogen) atoms.